The maximum absolute atomic E-state index is 7.06. The third kappa shape index (κ3) is 20.4. The molecule has 0 unspecified atom stereocenters. The van der Waals surface area contributed by atoms with Gasteiger partial charge in [-0.15, -0.1) is 0 Å². The van der Waals surface area contributed by atoms with Crippen molar-refractivity contribution >= 4 is 0 Å². The fourth-order valence-corrected chi connectivity index (χ4v) is 13.6. The number of nitrogens with zero attached hydrogens (tertiary/aromatic N) is 6. The standard InChI is InChI=1S/C78H120N6O6/c1-25-85-73-61-31-55(49-79(7,8)9)32-62(73)44-64-34-57(51-81(13,14)15)36-66(75(64)87-27-3)46-68-38-59(53-83(19,20)21)40-70(77(68)89-29-5)48-72-42-60(54-84(22,23)24)41-71(78(72)90-30-6)47-69-39-58(52-82(16,17)18)37-67(76(69)88-28-4)45-65-35-56(50-80(10,11)12)33-63(43-61)74(65)86-26-2/h31-42H,25-30,43-54H2,1-24H3/q+6. The van der Waals surface area contributed by atoms with E-state index in [0.29, 0.717) is 78.2 Å². The second-order valence-corrected chi connectivity index (χ2v) is 31.8. The molecule has 0 heterocycles. The van der Waals surface area contributed by atoms with E-state index in [1.165, 1.54) is 33.4 Å². The highest BCUT2D eigenvalue weighted by molar-refractivity contribution is 5.60. The molecule has 0 aliphatic heterocycles. The van der Waals surface area contributed by atoms with Crippen molar-refractivity contribution in [3.05, 3.63) is 173 Å². The molecule has 90 heavy (non-hydrogen) atoms. The average molecular weight is 1240 g/mol. The first-order valence-corrected chi connectivity index (χ1v) is 33.4. The summed E-state index contributed by atoms with van der Waals surface area (Å²) in [6.45, 7) is 20.9. The summed E-state index contributed by atoms with van der Waals surface area (Å²) in [6.07, 6.45) is 3.72. The van der Waals surface area contributed by atoms with Crippen molar-refractivity contribution < 1.29 is 55.3 Å². The molecule has 1 aliphatic rings. The monoisotopic (exact) mass is 1240 g/mol. The van der Waals surface area contributed by atoms with E-state index in [4.69, 9.17) is 28.4 Å². The first kappa shape index (κ1) is 71.3. The van der Waals surface area contributed by atoms with E-state index < -0.39 is 0 Å². The van der Waals surface area contributed by atoms with Crippen LogP contribution in [0.2, 0.25) is 0 Å². The van der Waals surface area contributed by atoms with Crippen LogP contribution in [0.1, 0.15) is 142 Å². The molecular formula is C78H120N6O6+6. The van der Waals surface area contributed by atoms with E-state index in [-0.39, 0.29) is 0 Å². The molecule has 6 aromatic rings. The van der Waals surface area contributed by atoms with Crippen molar-refractivity contribution in [3.63, 3.8) is 0 Å². The number of rotatable bonds is 24. The molecule has 7 rings (SSSR count). The quantitative estimate of drug-likeness (QED) is 0.0562. The van der Waals surface area contributed by atoms with E-state index in [0.717, 1.165) is 167 Å². The van der Waals surface area contributed by atoms with Crippen LogP contribution in [0.15, 0.2) is 72.8 Å². The van der Waals surface area contributed by atoms with E-state index in [1.807, 2.05) is 0 Å². The first-order chi connectivity index (χ1) is 42.0. The average Bonchev–Trinajstić information content (AvgIpc) is 1.00. The van der Waals surface area contributed by atoms with Crippen molar-refractivity contribution in [2.24, 2.45) is 0 Å². The number of fused-ring (bicyclic) bond motifs is 12. The lowest BCUT2D eigenvalue weighted by atomic mass is 9.88. The maximum atomic E-state index is 7.06. The lowest BCUT2D eigenvalue weighted by molar-refractivity contribution is -0.884. The smallest absolute Gasteiger partial charge is 0.126 e. The van der Waals surface area contributed by atoms with Gasteiger partial charge in [-0.2, -0.15) is 0 Å². The van der Waals surface area contributed by atoms with E-state index in [9.17, 15) is 0 Å². The summed E-state index contributed by atoms with van der Waals surface area (Å²) >= 11 is 0. The van der Waals surface area contributed by atoms with Crippen molar-refractivity contribution in [2.45, 2.75) is 119 Å². The Bertz CT molecular complexity index is 2710. The molecule has 12 nitrogen and oxygen atoms in total. The molecule has 0 radical (unpaired) electrons. The molecule has 0 fully saturated rings. The first-order valence-electron chi connectivity index (χ1n) is 33.4. The molecule has 1 aliphatic carbocycles. The highest BCUT2D eigenvalue weighted by Gasteiger charge is 2.29. The summed E-state index contributed by atoms with van der Waals surface area (Å²) < 4.78 is 47.0. The van der Waals surface area contributed by atoms with Crippen LogP contribution in [0, 0.1) is 0 Å². The minimum Gasteiger partial charge on any atom is -0.493 e. The van der Waals surface area contributed by atoms with Gasteiger partial charge in [-0.3, -0.25) is 0 Å². The Morgan fingerprint density at radius 3 is 0.378 bits per heavy atom. The van der Waals surface area contributed by atoms with Crippen LogP contribution in [-0.4, -0.2) is 193 Å². The lowest BCUT2D eigenvalue weighted by Crippen LogP contribution is -2.33. The zero-order valence-electron chi connectivity index (χ0n) is 60.8. The second kappa shape index (κ2) is 29.2. The predicted octanol–water partition coefficient (Wildman–Crippen LogP) is 13.2. The third-order valence-corrected chi connectivity index (χ3v) is 15.8. The molecule has 492 valence electrons. The third-order valence-electron chi connectivity index (χ3n) is 15.8. The minimum atomic E-state index is 0.524. The van der Waals surface area contributed by atoms with Crippen molar-refractivity contribution in [3.8, 4) is 34.5 Å². The van der Waals surface area contributed by atoms with Gasteiger partial charge in [-0.1, -0.05) is 0 Å². The van der Waals surface area contributed by atoms with Crippen LogP contribution in [0.4, 0.5) is 0 Å². The van der Waals surface area contributed by atoms with E-state index >= 15 is 0 Å². The molecule has 6 aromatic carbocycles. The van der Waals surface area contributed by atoms with Gasteiger partial charge < -0.3 is 55.3 Å². The van der Waals surface area contributed by atoms with Gasteiger partial charge in [0.15, 0.2) is 0 Å². The van der Waals surface area contributed by atoms with Gasteiger partial charge in [0.1, 0.15) is 73.8 Å². The topological polar surface area (TPSA) is 55.4 Å². The minimum absolute atomic E-state index is 0.524. The molecule has 0 amide bonds. The summed E-state index contributed by atoms with van der Waals surface area (Å²) in [5.74, 6) is 5.62. The fourth-order valence-electron chi connectivity index (χ4n) is 13.6. The molecule has 12 heteroatoms. The second-order valence-electron chi connectivity index (χ2n) is 31.8. The Morgan fingerprint density at radius 2 is 0.300 bits per heavy atom. The van der Waals surface area contributed by atoms with Gasteiger partial charge in [0, 0.05) is 71.9 Å². The van der Waals surface area contributed by atoms with Gasteiger partial charge in [0.25, 0.3) is 0 Å². The summed E-state index contributed by atoms with van der Waals surface area (Å²) in [7, 11) is 41.1. The number of quaternary nitrogens is 6. The van der Waals surface area contributed by atoms with E-state index in [1.54, 1.807) is 0 Å². The summed E-state index contributed by atoms with van der Waals surface area (Å²) in [4.78, 5) is 0. The lowest BCUT2D eigenvalue weighted by Gasteiger charge is -2.28. The molecule has 0 saturated heterocycles. The normalized spacial score (nSPS) is 13.6. The van der Waals surface area contributed by atoms with Crippen LogP contribution in [0.25, 0.3) is 0 Å². The van der Waals surface area contributed by atoms with E-state index in [2.05, 4.69) is 241 Å². The highest BCUT2D eigenvalue weighted by atomic mass is 16.5. The number of hydrogen-bond donors (Lipinski definition) is 0. The fraction of sp³-hybridized carbons (Fsp3) is 0.538. The molecule has 0 atom stereocenters. The van der Waals surface area contributed by atoms with Crippen LogP contribution in [0.5, 0.6) is 34.5 Å². The Balaban J connectivity index is 1.70. The van der Waals surface area contributed by atoms with Crippen molar-refractivity contribution in [2.75, 3.05) is 166 Å². The molecule has 0 aromatic heterocycles. The number of ether oxygens (including phenoxy) is 6. The SMILES string of the molecule is CCOc1c2cc(C[N+](C)(C)C)cc1Cc1cc(C[N+](C)(C)C)cc(c1OCC)Cc1cc(C[N+](C)(C)C)cc(c1OCC)Cc1cc(C[N+](C)(C)C)cc(c1OCC)Cc1cc(C[N+](C)(C)C)cc(c1OCC)Cc1cc(C[N+](C)(C)C)cc(c1OCC)C2. The predicted molar refractivity (Wildman–Crippen MR) is 373 cm³/mol. The zero-order valence-corrected chi connectivity index (χ0v) is 60.8. The van der Waals surface area contributed by atoms with Crippen molar-refractivity contribution in [1.82, 2.24) is 0 Å². The highest BCUT2D eigenvalue weighted by Crippen LogP contribution is 2.43. The number of hydrogen-bond acceptors (Lipinski definition) is 6. The Labute approximate surface area is 546 Å². The molecule has 0 N–H and O–H groups in total. The van der Waals surface area contributed by atoms with Gasteiger partial charge in [0.2, 0.25) is 0 Å². The van der Waals surface area contributed by atoms with Crippen LogP contribution in [-0.2, 0) is 77.8 Å². The van der Waals surface area contributed by atoms with Gasteiger partial charge >= 0.3 is 0 Å². The van der Waals surface area contributed by atoms with Crippen LogP contribution in [0.3, 0.4) is 0 Å². The molecule has 12 bridgehead atoms. The van der Waals surface area contributed by atoms with Crippen LogP contribution < -0.4 is 28.4 Å². The van der Waals surface area contributed by atoms with Gasteiger partial charge in [0.05, 0.1) is 166 Å². The van der Waals surface area contributed by atoms with Crippen LogP contribution >= 0.6 is 0 Å². The Morgan fingerprint density at radius 1 is 0.200 bits per heavy atom. The van der Waals surface area contributed by atoms with Crippen molar-refractivity contribution in [1.29, 1.82) is 0 Å². The summed E-state index contributed by atoms with van der Waals surface area (Å²) in [6, 6.07) is 29.1. The number of benzene rings is 6. The zero-order chi connectivity index (χ0) is 66.3. The maximum Gasteiger partial charge on any atom is 0.126 e. The Hall–Kier alpha value is -6.12. The molecular weight excluding hydrogens is 1120 g/mol. The largest absolute Gasteiger partial charge is 0.493 e. The summed E-state index contributed by atoms with van der Waals surface area (Å²) in [5, 5.41) is 0. The molecule has 0 spiro atoms. The molecule has 0 saturated carbocycles. The van der Waals surface area contributed by atoms with Gasteiger partial charge in [-0.05, 0) is 181 Å². The van der Waals surface area contributed by atoms with Gasteiger partial charge in [-0.25, -0.2) is 0 Å². The summed E-state index contributed by atoms with van der Waals surface area (Å²) in [5.41, 5.74) is 21.5. The Kier molecular flexibility index (Phi) is 23.2.